The number of aliphatic imine (C=N–C) groups is 1. The van der Waals surface area contributed by atoms with Crippen molar-refractivity contribution in [2.45, 2.75) is 12.8 Å². The summed E-state index contributed by atoms with van der Waals surface area (Å²) >= 11 is 0. The van der Waals surface area contributed by atoms with Gasteiger partial charge in [0.15, 0.2) is 5.96 Å². The fourth-order valence-electron chi connectivity index (χ4n) is 1.79. The second-order valence-corrected chi connectivity index (χ2v) is 4.38. The van der Waals surface area contributed by atoms with Gasteiger partial charge in [-0.15, -0.1) is 24.0 Å². The van der Waals surface area contributed by atoms with Crippen LogP contribution < -0.4 is 11.1 Å². The molecule has 5 nitrogen and oxygen atoms in total. The van der Waals surface area contributed by atoms with Crippen LogP contribution in [-0.4, -0.2) is 22.3 Å². The molecule has 0 bridgehead atoms. The van der Waals surface area contributed by atoms with E-state index in [1.807, 2.05) is 54.5 Å². The number of hydrogen-bond acceptors (Lipinski definition) is 2. The van der Waals surface area contributed by atoms with E-state index in [-0.39, 0.29) is 24.0 Å². The van der Waals surface area contributed by atoms with Crippen LogP contribution in [0.15, 0.2) is 47.7 Å². The predicted molar refractivity (Wildman–Crippen MR) is 93.5 cm³/mol. The highest BCUT2D eigenvalue weighted by atomic mass is 127. The first-order chi connectivity index (χ1) is 9.24. The Morgan fingerprint density at radius 3 is 2.75 bits per heavy atom. The van der Waals surface area contributed by atoms with E-state index in [1.54, 1.807) is 0 Å². The molecule has 0 atom stereocenters. The molecule has 0 spiro atoms. The third kappa shape index (κ3) is 5.60. The van der Waals surface area contributed by atoms with Gasteiger partial charge in [-0.2, -0.15) is 5.10 Å². The van der Waals surface area contributed by atoms with Crippen LogP contribution in [0.2, 0.25) is 0 Å². The summed E-state index contributed by atoms with van der Waals surface area (Å²) in [6.07, 6.45) is 5.84. The number of halogens is 1. The van der Waals surface area contributed by atoms with E-state index in [2.05, 4.69) is 15.4 Å². The molecule has 1 aromatic heterocycles. The molecule has 20 heavy (non-hydrogen) atoms. The average molecular weight is 385 g/mol. The molecule has 108 valence electrons. The van der Waals surface area contributed by atoms with E-state index in [0.29, 0.717) is 12.5 Å². The topological polar surface area (TPSA) is 68.2 Å². The molecule has 0 aliphatic heterocycles. The maximum Gasteiger partial charge on any atom is 0.193 e. The van der Waals surface area contributed by atoms with Crippen molar-refractivity contribution < 1.29 is 0 Å². The van der Waals surface area contributed by atoms with E-state index in [1.165, 1.54) is 5.56 Å². The molecule has 0 aliphatic carbocycles. The zero-order chi connectivity index (χ0) is 13.5. The minimum absolute atomic E-state index is 0. The maximum absolute atomic E-state index is 5.81. The number of hydrogen-bond donors (Lipinski definition) is 2. The van der Waals surface area contributed by atoms with Gasteiger partial charge in [-0.3, -0.25) is 9.67 Å². The second kappa shape index (κ2) is 8.57. The van der Waals surface area contributed by atoms with Gasteiger partial charge in [-0.1, -0.05) is 18.2 Å². The molecular weight excluding hydrogens is 365 g/mol. The molecule has 2 aromatic rings. The van der Waals surface area contributed by atoms with E-state index >= 15 is 0 Å². The molecule has 3 N–H and O–H groups in total. The summed E-state index contributed by atoms with van der Waals surface area (Å²) in [5.74, 6) is 0.456. The number of benzene rings is 1. The Morgan fingerprint density at radius 1 is 1.35 bits per heavy atom. The number of nitrogens with one attached hydrogen (secondary N) is 1. The predicted octanol–water partition coefficient (Wildman–Crippen LogP) is 2.40. The van der Waals surface area contributed by atoms with Gasteiger partial charge in [-0.05, 0) is 30.5 Å². The van der Waals surface area contributed by atoms with Crippen LogP contribution in [0.25, 0.3) is 0 Å². The van der Waals surface area contributed by atoms with Crippen molar-refractivity contribution in [2.75, 3.05) is 11.9 Å². The fraction of sp³-hybridized carbons (Fsp3) is 0.286. The first-order valence-corrected chi connectivity index (χ1v) is 6.33. The van der Waals surface area contributed by atoms with Crippen LogP contribution in [0, 0.1) is 0 Å². The number of nitrogens with zero attached hydrogens (tertiary/aromatic N) is 3. The quantitative estimate of drug-likeness (QED) is 0.360. The van der Waals surface area contributed by atoms with Crippen molar-refractivity contribution in [3.8, 4) is 0 Å². The molecular formula is C14H20IN5. The first kappa shape index (κ1) is 16.5. The summed E-state index contributed by atoms with van der Waals surface area (Å²) in [7, 11) is 1.92. The molecule has 0 unspecified atom stereocenters. The van der Waals surface area contributed by atoms with Gasteiger partial charge in [0, 0.05) is 25.5 Å². The number of nitrogens with two attached hydrogens (primary N) is 1. The number of rotatable bonds is 5. The monoisotopic (exact) mass is 385 g/mol. The summed E-state index contributed by atoms with van der Waals surface area (Å²) in [6, 6.07) is 9.79. The zero-order valence-electron chi connectivity index (χ0n) is 11.5. The lowest BCUT2D eigenvalue weighted by Gasteiger charge is -2.04. The third-order valence-corrected chi connectivity index (χ3v) is 2.71. The highest BCUT2D eigenvalue weighted by Gasteiger charge is 1.96. The Labute approximate surface area is 136 Å². The van der Waals surface area contributed by atoms with Gasteiger partial charge >= 0.3 is 0 Å². The number of aryl methyl sites for hydroxylation is 2. The smallest absolute Gasteiger partial charge is 0.193 e. The number of anilines is 1. The van der Waals surface area contributed by atoms with E-state index in [0.717, 1.165) is 18.5 Å². The number of aromatic nitrogens is 2. The molecule has 0 amide bonds. The van der Waals surface area contributed by atoms with Crippen LogP contribution in [0.1, 0.15) is 12.0 Å². The second-order valence-electron chi connectivity index (χ2n) is 4.38. The highest BCUT2D eigenvalue weighted by Crippen LogP contribution is 2.04. The van der Waals surface area contributed by atoms with Crippen LogP contribution in [0.3, 0.4) is 0 Å². The molecule has 0 fully saturated rings. The summed E-state index contributed by atoms with van der Waals surface area (Å²) in [5, 5.41) is 7.19. The maximum atomic E-state index is 5.81. The molecule has 1 aromatic carbocycles. The van der Waals surface area contributed by atoms with Crippen molar-refractivity contribution in [1.29, 1.82) is 0 Å². The minimum atomic E-state index is 0. The summed E-state index contributed by atoms with van der Waals surface area (Å²) in [5.41, 5.74) is 8.00. The van der Waals surface area contributed by atoms with Crippen LogP contribution in [0.5, 0.6) is 0 Å². The Bertz CT molecular complexity index is 536. The number of para-hydroxylation sites is 1. The SMILES string of the molecule is Cn1cc(CCCN=C(N)Nc2ccccc2)cn1.I. The van der Waals surface area contributed by atoms with Crippen LogP contribution in [-0.2, 0) is 13.5 Å². The lowest BCUT2D eigenvalue weighted by molar-refractivity contribution is 0.765. The fourth-order valence-corrected chi connectivity index (χ4v) is 1.79. The Balaban J connectivity index is 0.00000200. The van der Waals surface area contributed by atoms with Crippen molar-refractivity contribution >= 4 is 35.6 Å². The molecule has 2 rings (SSSR count). The van der Waals surface area contributed by atoms with Crippen molar-refractivity contribution in [1.82, 2.24) is 9.78 Å². The summed E-state index contributed by atoms with van der Waals surface area (Å²) in [4.78, 5) is 4.30. The van der Waals surface area contributed by atoms with Gasteiger partial charge < -0.3 is 11.1 Å². The Hall–Kier alpha value is -1.57. The Kier molecular flexibility index (Phi) is 7.06. The molecule has 0 radical (unpaired) electrons. The van der Waals surface area contributed by atoms with Crippen LogP contribution in [0.4, 0.5) is 5.69 Å². The molecule has 0 aliphatic rings. The van der Waals surface area contributed by atoms with E-state index in [9.17, 15) is 0 Å². The standard InChI is InChI=1S/C14H19N5.HI/c1-19-11-12(10-17-19)6-5-9-16-14(15)18-13-7-3-2-4-8-13;/h2-4,7-8,10-11H,5-6,9H2,1H3,(H3,15,16,18);1H. The van der Waals surface area contributed by atoms with Crippen molar-refractivity contribution in [3.63, 3.8) is 0 Å². The van der Waals surface area contributed by atoms with E-state index in [4.69, 9.17) is 5.73 Å². The summed E-state index contributed by atoms with van der Waals surface area (Å²) < 4.78 is 1.81. The largest absolute Gasteiger partial charge is 0.370 e. The molecule has 0 saturated carbocycles. The normalized spacial score (nSPS) is 10.9. The Morgan fingerprint density at radius 2 is 2.10 bits per heavy atom. The van der Waals surface area contributed by atoms with Crippen molar-refractivity contribution in [2.24, 2.45) is 17.8 Å². The number of guanidine groups is 1. The third-order valence-electron chi connectivity index (χ3n) is 2.71. The lowest BCUT2D eigenvalue weighted by Crippen LogP contribution is -2.22. The first-order valence-electron chi connectivity index (χ1n) is 6.33. The lowest BCUT2D eigenvalue weighted by atomic mass is 10.2. The van der Waals surface area contributed by atoms with Crippen LogP contribution >= 0.6 is 24.0 Å². The minimum Gasteiger partial charge on any atom is -0.370 e. The summed E-state index contributed by atoms with van der Waals surface area (Å²) in [6.45, 7) is 0.709. The van der Waals surface area contributed by atoms with Gasteiger partial charge in [0.25, 0.3) is 0 Å². The van der Waals surface area contributed by atoms with Gasteiger partial charge in [0.1, 0.15) is 0 Å². The molecule has 0 saturated heterocycles. The van der Waals surface area contributed by atoms with Gasteiger partial charge in [0.2, 0.25) is 0 Å². The zero-order valence-corrected chi connectivity index (χ0v) is 13.8. The molecule has 6 heteroatoms. The van der Waals surface area contributed by atoms with E-state index < -0.39 is 0 Å². The average Bonchev–Trinajstić information content (AvgIpc) is 2.82. The van der Waals surface area contributed by atoms with Gasteiger partial charge in [-0.25, -0.2) is 0 Å². The van der Waals surface area contributed by atoms with Gasteiger partial charge in [0.05, 0.1) is 6.20 Å². The molecule has 1 heterocycles. The van der Waals surface area contributed by atoms with Crippen molar-refractivity contribution in [3.05, 3.63) is 48.3 Å². The highest BCUT2D eigenvalue weighted by molar-refractivity contribution is 14.0.